The van der Waals surface area contributed by atoms with E-state index in [1.165, 1.54) is 38.5 Å². The molecule has 0 amide bonds. The Bertz CT molecular complexity index is 219. The average molecular weight is 225 g/mol. The summed E-state index contributed by atoms with van der Waals surface area (Å²) in [4.78, 5) is 0. The molecule has 2 heteroatoms. The standard InChI is InChI=1S/C14H27NO/c1-10-6-7-13(8-11(10)2)16-14-5-3-4-12(14)9-15/h10-14H,3-9,15H2,1-2H3. The molecule has 0 aromatic carbocycles. The van der Waals surface area contributed by atoms with E-state index in [9.17, 15) is 0 Å². The summed E-state index contributed by atoms with van der Waals surface area (Å²) < 4.78 is 6.29. The van der Waals surface area contributed by atoms with Gasteiger partial charge in [-0.05, 0) is 56.4 Å². The summed E-state index contributed by atoms with van der Waals surface area (Å²) in [7, 11) is 0. The topological polar surface area (TPSA) is 35.2 Å². The fourth-order valence-electron chi connectivity index (χ4n) is 3.32. The van der Waals surface area contributed by atoms with Crippen molar-refractivity contribution in [3.63, 3.8) is 0 Å². The first-order valence-corrected chi connectivity index (χ1v) is 7.06. The van der Waals surface area contributed by atoms with E-state index in [-0.39, 0.29) is 0 Å². The molecular formula is C14H27NO. The molecule has 2 saturated carbocycles. The Labute approximate surface area is 99.9 Å². The lowest BCUT2D eigenvalue weighted by Crippen LogP contribution is -2.33. The third kappa shape index (κ3) is 2.78. The van der Waals surface area contributed by atoms with Crippen LogP contribution in [0.15, 0.2) is 0 Å². The summed E-state index contributed by atoms with van der Waals surface area (Å²) in [5.41, 5.74) is 5.80. The van der Waals surface area contributed by atoms with Crippen LogP contribution in [0.3, 0.4) is 0 Å². The molecule has 94 valence electrons. The highest BCUT2D eigenvalue weighted by Gasteiger charge is 2.32. The first kappa shape index (κ1) is 12.4. The highest BCUT2D eigenvalue weighted by atomic mass is 16.5. The van der Waals surface area contributed by atoms with Crippen molar-refractivity contribution in [3.8, 4) is 0 Å². The molecule has 2 aliphatic rings. The first-order chi connectivity index (χ1) is 7.70. The molecule has 5 unspecified atom stereocenters. The Morgan fingerprint density at radius 3 is 2.56 bits per heavy atom. The normalized spacial score (nSPS) is 44.8. The first-order valence-electron chi connectivity index (χ1n) is 7.06. The SMILES string of the molecule is CC1CCC(OC2CCCC2CN)CC1C. The maximum absolute atomic E-state index is 6.29. The Morgan fingerprint density at radius 2 is 1.88 bits per heavy atom. The average Bonchev–Trinajstić information content (AvgIpc) is 2.71. The van der Waals surface area contributed by atoms with Gasteiger partial charge in [-0.3, -0.25) is 0 Å². The summed E-state index contributed by atoms with van der Waals surface area (Å²) in [5, 5.41) is 0. The van der Waals surface area contributed by atoms with Gasteiger partial charge in [0, 0.05) is 0 Å². The van der Waals surface area contributed by atoms with Crippen molar-refractivity contribution in [2.24, 2.45) is 23.5 Å². The highest BCUT2D eigenvalue weighted by molar-refractivity contribution is 4.82. The Morgan fingerprint density at radius 1 is 1.06 bits per heavy atom. The van der Waals surface area contributed by atoms with Gasteiger partial charge in [0.1, 0.15) is 0 Å². The second kappa shape index (κ2) is 5.50. The van der Waals surface area contributed by atoms with Crippen molar-refractivity contribution in [1.29, 1.82) is 0 Å². The molecule has 2 aliphatic carbocycles. The number of nitrogens with two attached hydrogens (primary N) is 1. The summed E-state index contributed by atoms with van der Waals surface area (Å²) in [6, 6.07) is 0. The van der Waals surface area contributed by atoms with Gasteiger partial charge < -0.3 is 10.5 Å². The molecule has 0 saturated heterocycles. The zero-order valence-electron chi connectivity index (χ0n) is 10.8. The van der Waals surface area contributed by atoms with Gasteiger partial charge in [0.2, 0.25) is 0 Å². The van der Waals surface area contributed by atoms with E-state index < -0.39 is 0 Å². The van der Waals surface area contributed by atoms with E-state index in [1.807, 2.05) is 0 Å². The van der Waals surface area contributed by atoms with Crippen LogP contribution in [0, 0.1) is 17.8 Å². The molecule has 0 aromatic rings. The van der Waals surface area contributed by atoms with Crippen molar-refractivity contribution in [1.82, 2.24) is 0 Å². The summed E-state index contributed by atoms with van der Waals surface area (Å²) >= 11 is 0. The van der Waals surface area contributed by atoms with Crippen LogP contribution in [0.25, 0.3) is 0 Å². The largest absolute Gasteiger partial charge is 0.375 e. The third-order valence-corrected chi connectivity index (χ3v) is 4.81. The van der Waals surface area contributed by atoms with Crippen molar-refractivity contribution in [2.45, 2.75) is 64.6 Å². The number of ether oxygens (including phenoxy) is 1. The predicted molar refractivity (Wildman–Crippen MR) is 67.2 cm³/mol. The fraction of sp³-hybridized carbons (Fsp3) is 1.00. The molecular weight excluding hydrogens is 198 g/mol. The monoisotopic (exact) mass is 225 g/mol. The van der Waals surface area contributed by atoms with Gasteiger partial charge in [-0.2, -0.15) is 0 Å². The zero-order valence-corrected chi connectivity index (χ0v) is 10.8. The van der Waals surface area contributed by atoms with Crippen molar-refractivity contribution >= 4 is 0 Å². The van der Waals surface area contributed by atoms with Crippen molar-refractivity contribution in [3.05, 3.63) is 0 Å². The zero-order chi connectivity index (χ0) is 11.5. The van der Waals surface area contributed by atoms with Gasteiger partial charge in [-0.25, -0.2) is 0 Å². The van der Waals surface area contributed by atoms with Crippen LogP contribution in [0.5, 0.6) is 0 Å². The quantitative estimate of drug-likeness (QED) is 0.801. The Kier molecular flexibility index (Phi) is 4.26. The van der Waals surface area contributed by atoms with Gasteiger partial charge in [-0.15, -0.1) is 0 Å². The lowest BCUT2D eigenvalue weighted by molar-refractivity contribution is -0.0602. The van der Waals surface area contributed by atoms with Gasteiger partial charge in [0.15, 0.2) is 0 Å². The molecule has 0 spiro atoms. The molecule has 5 atom stereocenters. The van der Waals surface area contributed by atoms with E-state index in [2.05, 4.69) is 13.8 Å². The number of hydrogen-bond acceptors (Lipinski definition) is 2. The maximum atomic E-state index is 6.29. The minimum absolute atomic E-state index is 0.468. The number of rotatable bonds is 3. The van der Waals surface area contributed by atoms with E-state index in [0.29, 0.717) is 18.1 Å². The van der Waals surface area contributed by atoms with Gasteiger partial charge in [-0.1, -0.05) is 20.3 Å². The van der Waals surface area contributed by atoms with E-state index in [4.69, 9.17) is 10.5 Å². The molecule has 2 nitrogen and oxygen atoms in total. The Hall–Kier alpha value is -0.0800. The maximum Gasteiger partial charge on any atom is 0.0619 e. The van der Waals surface area contributed by atoms with Gasteiger partial charge >= 0.3 is 0 Å². The summed E-state index contributed by atoms with van der Waals surface area (Å²) in [6.07, 6.45) is 8.67. The van der Waals surface area contributed by atoms with Crippen molar-refractivity contribution < 1.29 is 4.74 Å². The molecule has 2 rings (SSSR count). The van der Waals surface area contributed by atoms with Crippen LogP contribution in [0.2, 0.25) is 0 Å². The molecule has 2 fully saturated rings. The predicted octanol–water partition coefficient (Wildman–Crippen LogP) is 2.96. The third-order valence-electron chi connectivity index (χ3n) is 4.81. The summed E-state index contributed by atoms with van der Waals surface area (Å²) in [6.45, 7) is 5.55. The lowest BCUT2D eigenvalue weighted by atomic mass is 9.80. The molecule has 0 bridgehead atoms. The smallest absolute Gasteiger partial charge is 0.0619 e. The molecule has 0 radical (unpaired) electrons. The molecule has 0 aromatic heterocycles. The second-order valence-corrected chi connectivity index (χ2v) is 5.99. The van der Waals surface area contributed by atoms with Gasteiger partial charge in [0.05, 0.1) is 12.2 Å². The minimum Gasteiger partial charge on any atom is -0.375 e. The molecule has 2 N–H and O–H groups in total. The van der Waals surface area contributed by atoms with Crippen LogP contribution in [-0.4, -0.2) is 18.8 Å². The van der Waals surface area contributed by atoms with E-state index >= 15 is 0 Å². The Balaban J connectivity index is 1.81. The second-order valence-electron chi connectivity index (χ2n) is 5.99. The highest BCUT2D eigenvalue weighted by Crippen LogP contribution is 2.35. The van der Waals surface area contributed by atoms with Crippen LogP contribution in [0.4, 0.5) is 0 Å². The van der Waals surface area contributed by atoms with E-state index in [0.717, 1.165) is 18.4 Å². The van der Waals surface area contributed by atoms with E-state index in [1.54, 1.807) is 0 Å². The van der Waals surface area contributed by atoms with Crippen molar-refractivity contribution in [2.75, 3.05) is 6.54 Å². The minimum atomic E-state index is 0.468. The molecule has 0 heterocycles. The lowest BCUT2D eigenvalue weighted by Gasteiger charge is -2.34. The molecule has 0 aliphatic heterocycles. The number of hydrogen-bond donors (Lipinski definition) is 1. The van der Waals surface area contributed by atoms with Crippen LogP contribution in [0.1, 0.15) is 52.4 Å². The van der Waals surface area contributed by atoms with Gasteiger partial charge in [0.25, 0.3) is 0 Å². The summed E-state index contributed by atoms with van der Waals surface area (Å²) in [5.74, 6) is 2.35. The van der Waals surface area contributed by atoms with Crippen LogP contribution < -0.4 is 5.73 Å². The fourth-order valence-corrected chi connectivity index (χ4v) is 3.32. The van der Waals surface area contributed by atoms with Crippen LogP contribution >= 0.6 is 0 Å². The molecule has 16 heavy (non-hydrogen) atoms. The van der Waals surface area contributed by atoms with Crippen LogP contribution in [-0.2, 0) is 4.74 Å².